The Bertz CT molecular complexity index is 431. The quantitative estimate of drug-likeness (QED) is 0.828. The third-order valence-electron chi connectivity index (χ3n) is 4.08. The minimum absolute atomic E-state index is 0.0349. The number of halogens is 4. The van der Waals surface area contributed by atoms with Crippen LogP contribution in [0.1, 0.15) is 31.2 Å². The molecule has 1 N–H and O–H groups in total. The summed E-state index contributed by atoms with van der Waals surface area (Å²) in [4.78, 5) is 0. The highest BCUT2D eigenvalue weighted by atomic mass is 19.3. The van der Waals surface area contributed by atoms with Crippen molar-refractivity contribution >= 4 is 0 Å². The Kier molecular flexibility index (Phi) is 4.68. The molecule has 1 aliphatic rings. The summed E-state index contributed by atoms with van der Waals surface area (Å²) in [7, 11) is 1.76. The van der Waals surface area contributed by atoms with Gasteiger partial charge in [0.15, 0.2) is 0 Å². The first-order valence-corrected chi connectivity index (χ1v) is 6.90. The van der Waals surface area contributed by atoms with Gasteiger partial charge in [0.05, 0.1) is 0 Å². The molecule has 0 radical (unpaired) electrons. The predicted octanol–water partition coefficient (Wildman–Crippen LogP) is 3.92. The van der Waals surface area contributed by atoms with Gasteiger partial charge in [-0.1, -0.05) is 0 Å². The molecule has 0 spiro atoms. The molecule has 0 aliphatic heterocycles. The maximum Gasteiger partial charge on any atom is 0.248 e. The van der Waals surface area contributed by atoms with Crippen LogP contribution in [0.2, 0.25) is 0 Å². The van der Waals surface area contributed by atoms with Crippen LogP contribution < -0.4 is 5.32 Å². The van der Waals surface area contributed by atoms with E-state index in [4.69, 9.17) is 0 Å². The van der Waals surface area contributed by atoms with Gasteiger partial charge < -0.3 is 5.32 Å². The van der Waals surface area contributed by atoms with Gasteiger partial charge in [-0.25, -0.2) is 17.6 Å². The first-order chi connectivity index (χ1) is 9.39. The Balaban J connectivity index is 2.02. The van der Waals surface area contributed by atoms with Crippen molar-refractivity contribution in [3.8, 4) is 0 Å². The zero-order chi connectivity index (χ0) is 14.8. The summed E-state index contributed by atoms with van der Waals surface area (Å²) in [5, 5.41) is 3.10. The lowest BCUT2D eigenvalue weighted by Gasteiger charge is -2.33. The highest BCUT2D eigenvalue weighted by Crippen LogP contribution is 2.38. The predicted molar refractivity (Wildman–Crippen MR) is 69.8 cm³/mol. The maximum absolute atomic E-state index is 13.2. The van der Waals surface area contributed by atoms with Crippen LogP contribution >= 0.6 is 0 Å². The van der Waals surface area contributed by atoms with Crippen molar-refractivity contribution in [2.45, 2.75) is 44.1 Å². The van der Waals surface area contributed by atoms with Crippen molar-refractivity contribution in [3.05, 3.63) is 35.4 Å². The monoisotopic (exact) mass is 289 g/mol. The van der Waals surface area contributed by atoms with Crippen LogP contribution in [0, 0.1) is 17.6 Å². The van der Waals surface area contributed by atoms with Crippen LogP contribution in [0.25, 0.3) is 0 Å². The van der Waals surface area contributed by atoms with Crippen LogP contribution in [-0.2, 0) is 6.42 Å². The van der Waals surface area contributed by atoms with Crippen molar-refractivity contribution in [2.75, 3.05) is 7.05 Å². The average molecular weight is 289 g/mol. The second-order valence-corrected chi connectivity index (χ2v) is 5.57. The third kappa shape index (κ3) is 3.95. The molecule has 112 valence electrons. The Morgan fingerprint density at radius 3 is 2.20 bits per heavy atom. The van der Waals surface area contributed by atoms with E-state index in [0.717, 1.165) is 6.07 Å². The highest BCUT2D eigenvalue weighted by Gasteiger charge is 2.37. The minimum atomic E-state index is -2.56. The fourth-order valence-electron chi connectivity index (χ4n) is 2.95. The number of nitrogens with one attached hydrogen (secondary N) is 1. The number of likely N-dealkylation sites (N-methyl/N-ethyl adjacent to an activating group) is 1. The molecule has 2 rings (SSSR count). The summed E-state index contributed by atoms with van der Waals surface area (Å²) in [5.74, 6) is -3.65. The average Bonchev–Trinajstić information content (AvgIpc) is 2.35. The molecule has 1 unspecified atom stereocenters. The lowest BCUT2D eigenvalue weighted by molar-refractivity contribution is -0.0492. The van der Waals surface area contributed by atoms with E-state index >= 15 is 0 Å². The van der Waals surface area contributed by atoms with Gasteiger partial charge in [0.25, 0.3) is 0 Å². The molecule has 0 heterocycles. The van der Waals surface area contributed by atoms with Gasteiger partial charge in [0.1, 0.15) is 11.6 Å². The molecule has 1 nitrogen and oxygen atoms in total. The molecule has 1 saturated carbocycles. The SMILES string of the molecule is CNC(Cc1cc(F)cc(F)c1)C1CCC(F)(F)CC1. The van der Waals surface area contributed by atoms with Crippen molar-refractivity contribution in [1.82, 2.24) is 5.32 Å². The smallest absolute Gasteiger partial charge is 0.248 e. The Labute approximate surface area is 116 Å². The van der Waals surface area contributed by atoms with Gasteiger partial charge in [-0.15, -0.1) is 0 Å². The third-order valence-corrected chi connectivity index (χ3v) is 4.08. The van der Waals surface area contributed by atoms with E-state index in [-0.39, 0.29) is 24.8 Å². The van der Waals surface area contributed by atoms with Crippen LogP contribution in [0.4, 0.5) is 17.6 Å². The van der Waals surface area contributed by atoms with E-state index in [0.29, 0.717) is 24.8 Å². The minimum Gasteiger partial charge on any atom is -0.316 e. The number of benzene rings is 1. The normalized spacial score (nSPS) is 20.9. The van der Waals surface area contributed by atoms with Crippen molar-refractivity contribution in [1.29, 1.82) is 0 Å². The molecule has 20 heavy (non-hydrogen) atoms. The first-order valence-electron chi connectivity index (χ1n) is 6.90. The van der Waals surface area contributed by atoms with Crippen molar-refractivity contribution in [2.24, 2.45) is 5.92 Å². The van der Waals surface area contributed by atoms with Gasteiger partial charge in [0, 0.05) is 24.9 Å². The molecular weight excluding hydrogens is 270 g/mol. The lowest BCUT2D eigenvalue weighted by atomic mass is 9.80. The summed E-state index contributed by atoms with van der Waals surface area (Å²) in [5.41, 5.74) is 0.555. The summed E-state index contributed by atoms with van der Waals surface area (Å²) >= 11 is 0. The fourth-order valence-corrected chi connectivity index (χ4v) is 2.95. The molecule has 1 aromatic carbocycles. The van der Waals surface area contributed by atoms with Gasteiger partial charge in [-0.3, -0.25) is 0 Å². The largest absolute Gasteiger partial charge is 0.316 e. The first kappa shape index (κ1) is 15.3. The number of hydrogen-bond donors (Lipinski definition) is 1. The molecule has 1 fully saturated rings. The molecule has 0 bridgehead atoms. The van der Waals surface area contributed by atoms with Crippen LogP contribution in [0.15, 0.2) is 18.2 Å². The second-order valence-electron chi connectivity index (χ2n) is 5.57. The summed E-state index contributed by atoms with van der Waals surface area (Å²) in [6.45, 7) is 0. The number of rotatable bonds is 4. The fraction of sp³-hybridized carbons (Fsp3) is 0.600. The highest BCUT2D eigenvalue weighted by molar-refractivity contribution is 5.19. The summed E-state index contributed by atoms with van der Waals surface area (Å²) < 4.78 is 52.6. The molecule has 1 aromatic rings. The second kappa shape index (κ2) is 6.12. The topological polar surface area (TPSA) is 12.0 Å². The van der Waals surface area contributed by atoms with Gasteiger partial charge in [-0.05, 0) is 49.9 Å². The molecule has 0 saturated heterocycles. The number of alkyl halides is 2. The van der Waals surface area contributed by atoms with Gasteiger partial charge in [-0.2, -0.15) is 0 Å². The van der Waals surface area contributed by atoms with E-state index in [2.05, 4.69) is 5.32 Å². The molecule has 0 aromatic heterocycles. The van der Waals surface area contributed by atoms with Crippen LogP contribution in [-0.4, -0.2) is 19.0 Å². The zero-order valence-corrected chi connectivity index (χ0v) is 11.4. The zero-order valence-electron chi connectivity index (χ0n) is 11.4. The summed E-state index contributed by atoms with van der Waals surface area (Å²) in [6.07, 6.45) is 1.12. The Morgan fingerprint density at radius 1 is 1.15 bits per heavy atom. The van der Waals surface area contributed by atoms with E-state index in [1.54, 1.807) is 7.05 Å². The Hall–Kier alpha value is -1.10. The molecule has 1 aliphatic carbocycles. The molecule has 1 atom stereocenters. The Morgan fingerprint density at radius 2 is 1.70 bits per heavy atom. The van der Waals surface area contributed by atoms with E-state index in [1.807, 2.05) is 0 Å². The number of hydrogen-bond acceptors (Lipinski definition) is 1. The molecule has 0 amide bonds. The van der Waals surface area contributed by atoms with E-state index in [9.17, 15) is 17.6 Å². The van der Waals surface area contributed by atoms with Crippen LogP contribution in [0.5, 0.6) is 0 Å². The van der Waals surface area contributed by atoms with E-state index in [1.165, 1.54) is 12.1 Å². The van der Waals surface area contributed by atoms with Crippen molar-refractivity contribution < 1.29 is 17.6 Å². The molecular formula is C15H19F4N. The lowest BCUT2D eigenvalue weighted by Crippen LogP contribution is -2.39. The van der Waals surface area contributed by atoms with Gasteiger partial charge in [0.2, 0.25) is 5.92 Å². The van der Waals surface area contributed by atoms with Gasteiger partial charge >= 0.3 is 0 Å². The molecule has 5 heteroatoms. The van der Waals surface area contributed by atoms with E-state index < -0.39 is 17.6 Å². The standard InChI is InChI=1S/C15H19F4N/c1-20-14(11-2-4-15(18,19)5-3-11)8-10-6-12(16)9-13(17)7-10/h6-7,9,11,14,20H,2-5,8H2,1H3. The summed E-state index contributed by atoms with van der Waals surface area (Å²) in [6, 6.07) is 3.39. The maximum atomic E-state index is 13.2. The van der Waals surface area contributed by atoms with Crippen LogP contribution in [0.3, 0.4) is 0 Å². The van der Waals surface area contributed by atoms with Crippen molar-refractivity contribution in [3.63, 3.8) is 0 Å².